The first kappa shape index (κ1) is 16.7. The minimum atomic E-state index is -0.396. The fourth-order valence-electron chi connectivity index (χ4n) is 2.56. The van der Waals surface area contributed by atoms with E-state index >= 15 is 0 Å². The van der Waals surface area contributed by atoms with Gasteiger partial charge in [0.05, 0.1) is 16.9 Å². The lowest BCUT2D eigenvalue weighted by Gasteiger charge is -2.19. The molecule has 0 fully saturated rings. The van der Waals surface area contributed by atoms with Gasteiger partial charge in [-0.2, -0.15) is 0 Å². The van der Waals surface area contributed by atoms with Crippen molar-refractivity contribution in [2.75, 3.05) is 4.90 Å². The van der Waals surface area contributed by atoms with E-state index in [0.29, 0.717) is 26.9 Å². The second-order valence-corrected chi connectivity index (χ2v) is 7.41. The number of rotatable bonds is 4. The molecule has 0 bridgehead atoms. The molecular formula is C18H13FN4OS2. The van der Waals surface area contributed by atoms with Gasteiger partial charge in [0.1, 0.15) is 16.2 Å². The summed E-state index contributed by atoms with van der Waals surface area (Å²) in [5, 5.41) is 4.37. The topological polar surface area (TPSA) is 59.0 Å². The van der Waals surface area contributed by atoms with Crippen LogP contribution in [0.2, 0.25) is 0 Å². The van der Waals surface area contributed by atoms with Gasteiger partial charge in [0.25, 0.3) is 5.91 Å². The largest absolute Gasteiger partial charge is 0.279 e. The quantitative estimate of drug-likeness (QED) is 0.522. The van der Waals surface area contributed by atoms with Crippen molar-refractivity contribution < 1.29 is 9.18 Å². The van der Waals surface area contributed by atoms with Crippen molar-refractivity contribution in [2.45, 2.75) is 13.5 Å². The van der Waals surface area contributed by atoms with Crippen LogP contribution < -0.4 is 4.90 Å². The van der Waals surface area contributed by atoms with Crippen molar-refractivity contribution in [3.63, 3.8) is 0 Å². The molecule has 0 aliphatic heterocycles. The first-order valence-electron chi connectivity index (χ1n) is 7.83. The normalized spacial score (nSPS) is 11.0. The molecule has 26 heavy (non-hydrogen) atoms. The Bertz CT molecular complexity index is 1080. The first-order chi connectivity index (χ1) is 12.6. The van der Waals surface area contributed by atoms with Gasteiger partial charge >= 0.3 is 0 Å². The highest BCUT2D eigenvalue weighted by molar-refractivity contribution is 7.22. The second kappa shape index (κ2) is 6.89. The van der Waals surface area contributed by atoms with Gasteiger partial charge in [0.15, 0.2) is 5.13 Å². The number of carbonyl (C=O) groups is 1. The van der Waals surface area contributed by atoms with E-state index in [0.717, 1.165) is 17.1 Å². The van der Waals surface area contributed by atoms with E-state index < -0.39 is 5.82 Å². The lowest BCUT2D eigenvalue weighted by Crippen LogP contribution is -2.30. The molecule has 4 aromatic rings. The fourth-order valence-corrected chi connectivity index (χ4v) is 4.15. The Labute approximate surface area is 156 Å². The number of aromatic nitrogens is 3. The summed E-state index contributed by atoms with van der Waals surface area (Å²) in [5.74, 6) is -0.631. The van der Waals surface area contributed by atoms with Crippen molar-refractivity contribution in [3.8, 4) is 0 Å². The molecule has 4 rings (SSSR count). The van der Waals surface area contributed by atoms with Gasteiger partial charge in [-0.05, 0) is 36.2 Å². The van der Waals surface area contributed by atoms with Crippen LogP contribution in [-0.2, 0) is 6.54 Å². The van der Waals surface area contributed by atoms with Gasteiger partial charge in [-0.3, -0.25) is 9.69 Å². The second-order valence-electron chi connectivity index (χ2n) is 5.65. The van der Waals surface area contributed by atoms with Crippen molar-refractivity contribution in [1.82, 2.24) is 14.6 Å². The molecule has 2 aromatic heterocycles. The molecule has 0 spiro atoms. The molecule has 1 amide bonds. The Hall–Kier alpha value is -2.71. The molecule has 0 N–H and O–H groups in total. The molecule has 0 atom stereocenters. The van der Waals surface area contributed by atoms with E-state index in [4.69, 9.17) is 0 Å². The van der Waals surface area contributed by atoms with E-state index in [2.05, 4.69) is 14.6 Å². The number of aryl methyl sites for hydroxylation is 1. The van der Waals surface area contributed by atoms with Crippen LogP contribution in [0.5, 0.6) is 0 Å². The third kappa shape index (κ3) is 3.09. The Kier molecular flexibility index (Phi) is 4.44. The summed E-state index contributed by atoms with van der Waals surface area (Å²) < 4.78 is 18.6. The molecule has 0 radical (unpaired) electrons. The Morgan fingerprint density at radius 2 is 1.96 bits per heavy atom. The summed E-state index contributed by atoms with van der Waals surface area (Å²) in [6, 6.07) is 14.4. The first-order valence-corrected chi connectivity index (χ1v) is 9.42. The summed E-state index contributed by atoms with van der Waals surface area (Å²) >= 11 is 2.34. The van der Waals surface area contributed by atoms with Gasteiger partial charge in [-0.25, -0.2) is 9.37 Å². The maximum atomic E-state index is 14.1. The molecule has 5 nitrogen and oxygen atoms in total. The number of anilines is 1. The number of para-hydroxylation sites is 1. The van der Waals surface area contributed by atoms with Crippen LogP contribution in [0.1, 0.15) is 20.9 Å². The number of carbonyl (C=O) groups excluding carboxylic acids is 1. The molecule has 8 heteroatoms. The minimum Gasteiger partial charge on any atom is -0.279 e. The average Bonchev–Trinajstić information content (AvgIpc) is 3.27. The van der Waals surface area contributed by atoms with Crippen LogP contribution in [0.25, 0.3) is 10.2 Å². The molecule has 0 unspecified atom stereocenters. The summed E-state index contributed by atoms with van der Waals surface area (Å²) in [4.78, 5) is 19.5. The van der Waals surface area contributed by atoms with Crippen LogP contribution in [0.4, 0.5) is 9.52 Å². The van der Waals surface area contributed by atoms with E-state index in [9.17, 15) is 9.18 Å². The van der Waals surface area contributed by atoms with Gasteiger partial charge in [-0.1, -0.05) is 52.2 Å². The third-order valence-electron chi connectivity index (χ3n) is 3.86. The number of halogens is 1. The number of thiazole rings is 1. The van der Waals surface area contributed by atoms with Gasteiger partial charge in [0, 0.05) is 0 Å². The summed E-state index contributed by atoms with van der Waals surface area (Å²) in [5.41, 5.74) is 1.80. The molecule has 2 heterocycles. The Balaban J connectivity index is 1.80. The van der Waals surface area contributed by atoms with E-state index in [1.54, 1.807) is 24.0 Å². The lowest BCUT2D eigenvalue weighted by atomic mass is 10.2. The molecule has 0 saturated carbocycles. The summed E-state index contributed by atoms with van der Waals surface area (Å²) in [7, 11) is 0. The Morgan fingerprint density at radius 1 is 1.15 bits per heavy atom. The van der Waals surface area contributed by atoms with Crippen molar-refractivity contribution in [1.29, 1.82) is 0 Å². The number of nitrogens with zero attached hydrogens (tertiary/aromatic N) is 4. The number of amides is 1. The number of benzene rings is 2. The maximum Gasteiger partial charge on any atom is 0.274 e. The predicted molar refractivity (Wildman–Crippen MR) is 101 cm³/mol. The molecular weight excluding hydrogens is 371 g/mol. The smallest absolute Gasteiger partial charge is 0.274 e. The summed E-state index contributed by atoms with van der Waals surface area (Å²) in [6.45, 7) is 2.08. The van der Waals surface area contributed by atoms with E-state index in [1.165, 1.54) is 17.4 Å². The molecule has 130 valence electrons. The van der Waals surface area contributed by atoms with Crippen LogP contribution >= 0.6 is 22.9 Å². The van der Waals surface area contributed by atoms with Crippen molar-refractivity contribution in [3.05, 3.63) is 70.5 Å². The van der Waals surface area contributed by atoms with Gasteiger partial charge in [-0.15, -0.1) is 5.10 Å². The van der Waals surface area contributed by atoms with Gasteiger partial charge < -0.3 is 0 Å². The van der Waals surface area contributed by atoms with Gasteiger partial charge in [0.2, 0.25) is 0 Å². The minimum absolute atomic E-state index is 0.235. The monoisotopic (exact) mass is 384 g/mol. The highest BCUT2D eigenvalue weighted by Crippen LogP contribution is 2.32. The van der Waals surface area contributed by atoms with Crippen LogP contribution in [0.15, 0.2) is 48.5 Å². The highest BCUT2D eigenvalue weighted by atomic mass is 32.1. The van der Waals surface area contributed by atoms with E-state index in [1.807, 2.05) is 30.3 Å². The highest BCUT2D eigenvalue weighted by Gasteiger charge is 2.25. The van der Waals surface area contributed by atoms with E-state index in [-0.39, 0.29) is 11.4 Å². The zero-order chi connectivity index (χ0) is 18.1. The average molecular weight is 384 g/mol. The fraction of sp³-hybridized carbons (Fsp3) is 0.111. The third-order valence-corrected chi connectivity index (χ3v) is 5.72. The predicted octanol–water partition coefficient (Wildman–Crippen LogP) is 4.44. The zero-order valence-corrected chi connectivity index (χ0v) is 15.4. The van der Waals surface area contributed by atoms with Crippen LogP contribution in [0, 0.1) is 12.7 Å². The maximum absolute atomic E-state index is 14.1. The van der Waals surface area contributed by atoms with Crippen molar-refractivity contribution >= 4 is 44.1 Å². The number of fused-ring (bicyclic) bond motifs is 1. The molecule has 0 aliphatic carbocycles. The zero-order valence-electron chi connectivity index (χ0n) is 13.7. The molecule has 0 aliphatic rings. The van der Waals surface area contributed by atoms with Crippen molar-refractivity contribution in [2.24, 2.45) is 0 Å². The van der Waals surface area contributed by atoms with Crippen LogP contribution in [-0.4, -0.2) is 20.5 Å². The molecule has 0 saturated heterocycles. The number of hydrogen-bond acceptors (Lipinski definition) is 6. The lowest BCUT2D eigenvalue weighted by molar-refractivity contribution is 0.0988. The van der Waals surface area contributed by atoms with Crippen LogP contribution in [0.3, 0.4) is 0 Å². The SMILES string of the molecule is Cc1nnsc1C(=O)N(Cc1ccccc1)c1nc2c(F)cccc2s1. The standard InChI is InChI=1S/C18H13FN4OS2/c1-11-16(26-22-21-11)17(24)23(10-12-6-3-2-4-7-12)18-20-15-13(19)8-5-9-14(15)25-18/h2-9H,10H2,1H3. The number of hydrogen-bond donors (Lipinski definition) is 0. The Morgan fingerprint density at radius 3 is 2.65 bits per heavy atom. The molecule has 2 aromatic carbocycles. The summed E-state index contributed by atoms with van der Waals surface area (Å²) in [6.07, 6.45) is 0.